The first-order chi connectivity index (χ1) is 12.6. The highest BCUT2D eigenvalue weighted by Crippen LogP contribution is 2.30. The Kier molecular flexibility index (Phi) is 5.54. The third kappa shape index (κ3) is 4.86. The quantitative estimate of drug-likeness (QED) is 0.467. The van der Waals surface area contributed by atoms with Crippen LogP contribution in [-0.4, -0.2) is 44.2 Å². The Morgan fingerprint density at radius 1 is 1.19 bits per heavy atom. The van der Waals surface area contributed by atoms with Gasteiger partial charge in [-0.3, -0.25) is 4.98 Å². The number of pyridine rings is 1. The van der Waals surface area contributed by atoms with E-state index in [9.17, 15) is 4.79 Å². The summed E-state index contributed by atoms with van der Waals surface area (Å²) < 4.78 is 0. The molecule has 9 nitrogen and oxygen atoms in total. The molecule has 4 N–H and O–H groups in total. The number of carboxylic acid groups (broad SMARTS) is 1. The van der Waals surface area contributed by atoms with Crippen molar-refractivity contribution in [2.24, 2.45) is 0 Å². The zero-order chi connectivity index (χ0) is 18.4. The number of aromatic nitrogens is 4. The molecule has 3 rings (SSSR count). The molecule has 0 radical (unpaired) electrons. The van der Waals surface area contributed by atoms with Gasteiger partial charge in [0.15, 0.2) is 5.13 Å². The molecule has 0 unspecified atom stereocenters. The van der Waals surface area contributed by atoms with Gasteiger partial charge < -0.3 is 21.1 Å². The highest BCUT2D eigenvalue weighted by atomic mass is 32.1. The second-order valence-electron chi connectivity index (χ2n) is 5.23. The Hall–Kier alpha value is -3.27. The average molecular weight is 371 g/mol. The third-order valence-electron chi connectivity index (χ3n) is 3.25. The molecule has 0 saturated heterocycles. The molecule has 1 amide bonds. The van der Waals surface area contributed by atoms with Crippen LogP contribution in [-0.2, 0) is 0 Å². The van der Waals surface area contributed by atoms with Gasteiger partial charge in [0.05, 0.1) is 4.88 Å². The van der Waals surface area contributed by atoms with Crippen molar-refractivity contribution < 1.29 is 9.90 Å². The third-order valence-corrected chi connectivity index (χ3v) is 4.21. The first-order valence-electron chi connectivity index (χ1n) is 7.80. The molecule has 0 aromatic carbocycles. The van der Waals surface area contributed by atoms with Crippen LogP contribution in [0.5, 0.6) is 0 Å². The van der Waals surface area contributed by atoms with E-state index in [1.165, 1.54) is 11.3 Å². The lowest BCUT2D eigenvalue weighted by Gasteiger charge is -2.09. The van der Waals surface area contributed by atoms with Gasteiger partial charge in [0, 0.05) is 37.7 Å². The molecule has 0 saturated carbocycles. The predicted molar refractivity (Wildman–Crippen MR) is 99.9 cm³/mol. The van der Waals surface area contributed by atoms with E-state index >= 15 is 0 Å². The van der Waals surface area contributed by atoms with Gasteiger partial charge >= 0.3 is 6.09 Å². The molecule has 3 heterocycles. The monoisotopic (exact) mass is 371 g/mol. The van der Waals surface area contributed by atoms with Gasteiger partial charge in [0.1, 0.15) is 17.5 Å². The van der Waals surface area contributed by atoms with E-state index in [1.54, 1.807) is 31.6 Å². The molecule has 26 heavy (non-hydrogen) atoms. The summed E-state index contributed by atoms with van der Waals surface area (Å²) in [6, 6.07) is 5.61. The highest BCUT2D eigenvalue weighted by Gasteiger charge is 2.07. The lowest BCUT2D eigenvalue weighted by molar-refractivity contribution is 0.195. The maximum Gasteiger partial charge on any atom is 0.404 e. The van der Waals surface area contributed by atoms with Crippen LogP contribution in [0.2, 0.25) is 0 Å². The highest BCUT2D eigenvalue weighted by molar-refractivity contribution is 7.18. The summed E-state index contributed by atoms with van der Waals surface area (Å²) >= 11 is 1.51. The fourth-order valence-corrected chi connectivity index (χ4v) is 3.00. The van der Waals surface area contributed by atoms with Gasteiger partial charge in [-0.25, -0.2) is 19.7 Å². The van der Waals surface area contributed by atoms with Crippen molar-refractivity contribution in [3.05, 3.63) is 42.6 Å². The predicted octanol–water partition coefficient (Wildman–Crippen LogP) is 2.73. The number of nitrogens with one attached hydrogen (secondary N) is 3. The van der Waals surface area contributed by atoms with E-state index in [-0.39, 0.29) is 6.54 Å². The smallest absolute Gasteiger partial charge is 0.404 e. The molecular weight excluding hydrogens is 354 g/mol. The van der Waals surface area contributed by atoms with E-state index in [1.807, 2.05) is 12.1 Å². The summed E-state index contributed by atoms with van der Waals surface area (Å²) in [5, 5.41) is 17.8. The molecule has 3 aromatic rings. The second kappa shape index (κ2) is 8.21. The molecule has 0 spiro atoms. The minimum Gasteiger partial charge on any atom is -0.465 e. The fourth-order valence-electron chi connectivity index (χ4n) is 2.17. The van der Waals surface area contributed by atoms with E-state index < -0.39 is 6.09 Å². The maximum absolute atomic E-state index is 10.4. The zero-order valence-corrected chi connectivity index (χ0v) is 14.7. The van der Waals surface area contributed by atoms with Crippen molar-refractivity contribution in [3.63, 3.8) is 0 Å². The van der Waals surface area contributed by atoms with Crippen LogP contribution in [0.15, 0.2) is 36.8 Å². The summed E-state index contributed by atoms with van der Waals surface area (Å²) in [6.45, 7) is 2.49. The van der Waals surface area contributed by atoms with Crippen molar-refractivity contribution in [1.82, 2.24) is 25.3 Å². The van der Waals surface area contributed by atoms with Crippen LogP contribution >= 0.6 is 11.3 Å². The van der Waals surface area contributed by atoms with Gasteiger partial charge in [0.2, 0.25) is 0 Å². The normalized spacial score (nSPS) is 10.3. The largest absolute Gasteiger partial charge is 0.465 e. The van der Waals surface area contributed by atoms with E-state index in [0.717, 1.165) is 10.4 Å². The molecule has 0 bridgehead atoms. The van der Waals surface area contributed by atoms with Crippen molar-refractivity contribution in [2.45, 2.75) is 6.92 Å². The van der Waals surface area contributed by atoms with Crippen LogP contribution in [0, 0.1) is 6.92 Å². The summed E-state index contributed by atoms with van der Waals surface area (Å²) in [5.41, 5.74) is 1.05. The van der Waals surface area contributed by atoms with Crippen molar-refractivity contribution in [1.29, 1.82) is 0 Å². The Bertz CT molecular complexity index is 885. The summed E-state index contributed by atoms with van der Waals surface area (Å²) in [4.78, 5) is 28.5. The Morgan fingerprint density at radius 2 is 1.96 bits per heavy atom. The Morgan fingerprint density at radius 3 is 2.73 bits per heavy atom. The van der Waals surface area contributed by atoms with E-state index in [0.29, 0.717) is 29.1 Å². The molecule has 134 valence electrons. The van der Waals surface area contributed by atoms with Gasteiger partial charge in [-0.05, 0) is 24.6 Å². The minimum absolute atomic E-state index is 0.281. The summed E-state index contributed by atoms with van der Waals surface area (Å²) in [5.74, 6) is 1.81. The van der Waals surface area contributed by atoms with Gasteiger partial charge in [-0.2, -0.15) is 0 Å². The molecule has 0 aliphatic carbocycles. The zero-order valence-electron chi connectivity index (χ0n) is 13.9. The summed E-state index contributed by atoms with van der Waals surface area (Å²) in [6.07, 6.45) is 4.23. The molecule has 0 aliphatic rings. The average Bonchev–Trinajstić information content (AvgIpc) is 3.07. The number of rotatable bonds is 7. The number of aryl methyl sites for hydroxylation is 1. The molecule has 0 atom stereocenters. The van der Waals surface area contributed by atoms with Crippen LogP contribution < -0.4 is 16.0 Å². The molecule has 3 aromatic heterocycles. The van der Waals surface area contributed by atoms with Crippen LogP contribution in [0.4, 0.5) is 21.6 Å². The number of thiazole rings is 1. The molecule has 10 heteroatoms. The first-order valence-corrected chi connectivity index (χ1v) is 8.61. The van der Waals surface area contributed by atoms with Gasteiger partial charge in [-0.15, -0.1) is 0 Å². The Balaban J connectivity index is 1.66. The first kappa shape index (κ1) is 17.5. The van der Waals surface area contributed by atoms with Crippen LogP contribution in [0.1, 0.15) is 5.82 Å². The Labute approximate surface area is 153 Å². The lowest BCUT2D eigenvalue weighted by Crippen LogP contribution is -2.27. The van der Waals surface area contributed by atoms with Gasteiger partial charge in [-0.1, -0.05) is 11.3 Å². The summed E-state index contributed by atoms with van der Waals surface area (Å²) in [7, 11) is 0. The minimum atomic E-state index is -1.05. The number of carbonyl (C=O) groups is 1. The second-order valence-corrected chi connectivity index (χ2v) is 6.27. The number of nitrogens with zero attached hydrogens (tertiary/aromatic N) is 4. The maximum atomic E-state index is 10.4. The number of hydrogen-bond acceptors (Lipinski definition) is 8. The van der Waals surface area contributed by atoms with Crippen LogP contribution in [0.3, 0.4) is 0 Å². The number of hydrogen-bond donors (Lipinski definition) is 4. The topological polar surface area (TPSA) is 125 Å². The van der Waals surface area contributed by atoms with E-state index in [2.05, 4.69) is 35.9 Å². The van der Waals surface area contributed by atoms with Crippen molar-refractivity contribution in [3.8, 4) is 10.4 Å². The molecule has 0 fully saturated rings. The van der Waals surface area contributed by atoms with Gasteiger partial charge in [0.25, 0.3) is 0 Å². The fraction of sp³-hybridized carbons (Fsp3) is 0.188. The van der Waals surface area contributed by atoms with Crippen molar-refractivity contribution in [2.75, 3.05) is 23.7 Å². The molecular formula is C16H17N7O2S. The van der Waals surface area contributed by atoms with Crippen LogP contribution in [0.25, 0.3) is 10.4 Å². The van der Waals surface area contributed by atoms with Crippen molar-refractivity contribution >= 4 is 34.2 Å². The number of anilines is 3. The lowest BCUT2D eigenvalue weighted by atomic mass is 10.2. The molecule has 0 aliphatic heterocycles. The van der Waals surface area contributed by atoms with E-state index in [4.69, 9.17) is 5.11 Å². The standard InChI is InChI=1S/C16H17N7O2S/c1-10-21-13(18-6-7-19-16(24)25)8-14(22-10)23-15-20-9-12(26-15)11-2-4-17-5-3-11/h2-5,8-9,19H,6-7H2,1H3,(H,24,25)(H2,18,20,21,22,23). The number of amides is 1. The SMILES string of the molecule is Cc1nc(NCCNC(=O)O)cc(Nc2ncc(-c3ccncc3)s2)n1.